The second-order valence-corrected chi connectivity index (χ2v) is 7.10. The van der Waals surface area contributed by atoms with Crippen LogP contribution >= 0.6 is 11.6 Å². The molecule has 1 nitrogen and oxygen atoms in total. The number of hydrogen-bond acceptors (Lipinski definition) is 1. The molecule has 1 aliphatic carbocycles. The van der Waals surface area contributed by atoms with E-state index in [4.69, 9.17) is 11.6 Å². The van der Waals surface area contributed by atoms with E-state index < -0.39 is 0 Å². The summed E-state index contributed by atoms with van der Waals surface area (Å²) in [6, 6.07) is 25.8. The molecule has 0 saturated heterocycles. The molecule has 4 rings (SSSR count). The Labute approximate surface area is 159 Å². The van der Waals surface area contributed by atoms with E-state index in [9.17, 15) is 4.79 Å². The van der Waals surface area contributed by atoms with Crippen molar-refractivity contribution in [2.24, 2.45) is 0 Å². The van der Waals surface area contributed by atoms with Gasteiger partial charge in [0.25, 0.3) is 0 Å². The molecule has 0 N–H and O–H groups in total. The maximum absolute atomic E-state index is 12.9. The molecule has 0 fully saturated rings. The zero-order valence-corrected chi connectivity index (χ0v) is 15.1. The molecule has 3 aromatic carbocycles. The smallest absolute Gasteiger partial charge is 0.163 e. The van der Waals surface area contributed by atoms with Crippen LogP contribution in [0, 0.1) is 0 Å². The summed E-state index contributed by atoms with van der Waals surface area (Å²) >= 11 is 6.08. The van der Waals surface area contributed by atoms with E-state index in [0.29, 0.717) is 11.4 Å². The largest absolute Gasteiger partial charge is 0.294 e. The van der Waals surface area contributed by atoms with Crippen LogP contribution in [0.2, 0.25) is 5.02 Å². The number of carbonyl (C=O) groups excluding carboxylic acids is 1. The van der Waals surface area contributed by atoms with Gasteiger partial charge in [-0.15, -0.1) is 0 Å². The fourth-order valence-electron chi connectivity index (χ4n) is 3.73. The first-order valence-corrected chi connectivity index (χ1v) is 9.21. The Kier molecular flexibility index (Phi) is 4.73. The molecule has 0 saturated carbocycles. The first kappa shape index (κ1) is 16.8. The monoisotopic (exact) mass is 358 g/mol. The molecular weight excluding hydrogens is 340 g/mol. The Morgan fingerprint density at radius 1 is 0.885 bits per heavy atom. The Morgan fingerprint density at radius 3 is 2.35 bits per heavy atom. The number of halogens is 1. The van der Waals surface area contributed by atoms with Gasteiger partial charge in [0, 0.05) is 28.8 Å². The first-order chi connectivity index (χ1) is 12.7. The van der Waals surface area contributed by atoms with Crippen LogP contribution in [-0.2, 0) is 0 Å². The van der Waals surface area contributed by atoms with Crippen molar-refractivity contribution in [3.63, 3.8) is 0 Å². The van der Waals surface area contributed by atoms with Gasteiger partial charge in [-0.2, -0.15) is 0 Å². The van der Waals surface area contributed by atoms with Gasteiger partial charge in [0.1, 0.15) is 0 Å². The average Bonchev–Trinajstić information content (AvgIpc) is 3.11. The molecule has 0 amide bonds. The Hall–Kier alpha value is -2.64. The SMILES string of the molecule is O=C(CC(c1ccc(Cl)cc1)C1C=Cc2ccccc21)c1ccccc1. The van der Waals surface area contributed by atoms with Crippen LogP contribution in [0.1, 0.15) is 45.3 Å². The third-order valence-electron chi connectivity index (χ3n) is 5.07. The molecule has 3 aromatic rings. The van der Waals surface area contributed by atoms with Crippen LogP contribution in [0.5, 0.6) is 0 Å². The van der Waals surface area contributed by atoms with E-state index in [1.54, 1.807) is 0 Å². The lowest BCUT2D eigenvalue weighted by molar-refractivity contribution is 0.0971. The Morgan fingerprint density at radius 2 is 1.58 bits per heavy atom. The highest BCUT2D eigenvalue weighted by atomic mass is 35.5. The predicted octanol–water partition coefficient (Wildman–Crippen LogP) is 6.51. The fraction of sp³-hybridized carbons (Fsp3) is 0.125. The van der Waals surface area contributed by atoms with Gasteiger partial charge in [-0.3, -0.25) is 4.79 Å². The van der Waals surface area contributed by atoms with Gasteiger partial charge in [-0.1, -0.05) is 90.5 Å². The lowest BCUT2D eigenvalue weighted by Gasteiger charge is -2.24. The highest BCUT2D eigenvalue weighted by Crippen LogP contribution is 2.43. The molecule has 0 heterocycles. The number of carbonyl (C=O) groups is 1. The van der Waals surface area contributed by atoms with Gasteiger partial charge < -0.3 is 0 Å². The van der Waals surface area contributed by atoms with Crippen molar-refractivity contribution in [2.75, 3.05) is 0 Å². The minimum absolute atomic E-state index is 0.0832. The summed E-state index contributed by atoms with van der Waals surface area (Å²) in [7, 11) is 0. The Balaban J connectivity index is 1.70. The van der Waals surface area contributed by atoms with E-state index >= 15 is 0 Å². The number of allylic oxidation sites excluding steroid dienone is 1. The molecule has 0 bridgehead atoms. The van der Waals surface area contributed by atoms with Crippen molar-refractivity contribution >= 4 is 23.5 Å². The molecule has 26 heavy (non-hydrogen) atoms. The van der Waals surface area contributed by atoms with Crippen molar-refractivity contribution in [3.8, 4) is 0 Å². The summed E-state index contributed by atoms with van der Waals surface area (Å²) in [4.78, 5) is 12.9. The maximum Gasteiger partial charge on any atom is 0.163 e. The molecule has 0 aliphatic heterocycles. The van der Waals surface area contributed by atoms with Gasteiger partial charge in [0.2, 0.25) is 0 Å². The van der Waals surface area contributed by atoms with Crippen molar-refractivity contribution in [1.82, 2.24) is 0 Å². The van der Waals surface area contributed by atoms with Crippen LogP contribution in [0.3, 0.4) is 0 Å². The summed E-state index contributed by atoms with van der Waals surface area (Å²) in [5.74, 6) is 0.447. The van der Waals surface area contributed by atoms with Crippen molar-refractivity contribution in [1.29, 1.82) is 0 Å². The van der Waals surface area contributed by atoms with E-state index in [-0.39, 0.29) is 17.6 Å². The topological polar surface area (TPSA) is 17.1 Å². The van der Waals surface area contributed by atoms with Crippen molar-refractivity contribution in [3.05, 3.63) is 112 Å². The van der Waals surface area contributed by atoms with Crippen LogP contribution < -0.4 is 0 Å². The van der Waals surface area contributed by atoms with Crippen molar-refractivity contribution < 1.29 is 4.79 Å². The average molecular weight is 359 g/mol. The third-order valence-corrected chi connectivity index (χ3v) is 5.32. The second kappa shape index (κ2) is 7.31. The van der Waals surface area contributed by atoms with Gasteiger partial charge in [0.05, 0.1) is 0 Å². The molecule has 0 aromatic heterocycles. The molecule has 0 radical (unpaired) electrons. The maximum atomic E-state index is 12.9. The van der Waals surface area contributed by atoms with Crippen LogP contribution in [0.25, 0.3) is 6.08 Å². The zero-order chi connectivity index (χ0) is 17.9. The molecule has 128 valence electrons. The third kappa shape index (κ3) is 3.36. The highest BCUT2D eigenvalue weighted by molar-refractivity contribution is 6.30. The van der Waals surface area contributed by atoms with Crippen LogP contribution in [0.4, 0.5) is 0 Å². The number of rotatable bonds is 5. The molecule has 2 atom stereocenters. The molecule has 0 spiro atoms. The van der Waals surface area contributed by atoms with Gasteiger partial charge in [-0.25, -0.2) is 0 Å². The standard InChI is InChI=1S/C24H19ClO/c25-20-13-10-18(11-14-20)23(16-24(26)19-7-2-1-3-8-19)22-15-12-17-6-4-5-9-21(17)22/h1-15,22-23H,16H2. The number of Topliss-reactive ketones (excluding diaryl/α,β-unsaturated/α-hetero) is 1. The summed E-state index contributed by atoms with van der Waals surface area (Å²) in [6.07, 6.45) is 4.85. The predicted molar refractivity (Wildman–Crippen MR) is 108 cm³/mol. The number of hydrogen-bond donors (Lipinski definition) is 0. The molecular formula is C24H19ClO. The summed E-state index contributed by atoms with van der Waals surface area (Å²) in [6.45, 7) is 0. The number of ketones is 1. The normalized spacial score (nSPS) is 16.3. The molecule has 2 heteroatoms. The van der Waals surface area contributed by atoms with Gasteiger partial charge >= 0.3 is 0 Å². The van der Waals surface area contributed by atoms with E-state index in [1.165, 1.54) is 11.1 Å². The van der Waals surface area contributed by atoms with Crippen LogP contribution in [0.15, 0.2) is 84.9 Å². The van der Waals surface area contributed by atoms with E-state index in [0.717, 1.165) is 11.1 Å². The van der Waals surface area contributed by atoms with Gasteiger partial charge in [0.15, 0.2) is 5.78 Å². The highest BCUT2D eigenvalue weighted by Gasteiger charge is 2.29. The zero-order valence-electron chi connectivity index (χ0n) is 14.3. The lowest BCUT2D eigenvalue weighted by atomic mass is 9.79. The fourth-order valence-corrected chi connectivity index (χ4v) is 3.86. The van der Waals surface area contributed by atoms with Crippen molar-refractivity contribution in [2.45, 2.75) is 18.3 Å². The lowest BCUT2D eigenvalue weighted by Crippen LogP contribution is -2.14. The molecule has 1 aliphatic rings. The molecule has 2 unspecified atom stereocenters. The quantitative estimate of drug-likeness (QED) is 0.475. The van der Waals surface area contributed by atoms with E-state index in [1.807, 2.05) is 54.6 Å². The minimum Gasteiger partial charge on any atom is -0.294 e. The second-order valence-electron chi connectivity index (χ2n) is 6.67. The van der Waals surface area contributed by atoms with Gasteiger partial charge in [-0.05, 0) is 28.8 Å². The Bertz CT molecular complexity index is 941. The summed E-state index contributed by atoms with van der Waals surface area (Å²) < 4.78 is 0. The first-order valence-electron chi connectivity index (χ1n) is 8.83. The van der Waals surface area contributed by atoms with Crippen LogP contribution in [-0.4, -0.2) is 5.78 Å². The summed E-state index contributed by atoms with van der Waals surface area (Å²) in [5.41, 5.74) is 4.43. The number of fused-ring (bicyclic) bond motifs is 1. The summed E-state index contributed by atoms with van der Waals surface area (Å²) in [5, 5.41) is 0.712. The van der Waals surface area contributed by atoms with E-state index in [2.05, 4.69) is 36.4 Å². The minimum atomic E-state index is 0.0832. The number of benzene rings is 3.